The number of pyridine rings is 1. The van der Waals surface area contributed by atoms with Crippen LogP contribution in [0, 0.1) is 6.92 Å². The standard InChI is InChI=1S/C20H18N2O2S/c1-13-12-16(14-8-4-2-5-9-14)22-19(17(13)21)25-18(20(23)24)15-10-6-3-7-11-15/h2-12,18H,21H2,1H3,(H,23,24). The van der Waals surface area contributed by atoms with Crippen molar-refractivity contribution >= 4 is 23.4 Å². The smallest absolute Gasteiger partial charge is 0.321 e. The summed E-state index contributed by atoms with van der Waals surface area (Å²) in [6.07, 6.45) is 0. The minimum absolute atomic E-state index is 0.520. The maximum Gasteiger partial charge on any atom is 0.321 e. The molecule has 0 aliphatic carbocycles. The van der Waals surface area contributed by atoms with Crippen molar-refractivity contribution < 1.29 is 9.90 Å². The number of rotatable bonds is 5. The summed E-state index contributed by atoms with van der Waals surface area (Å²) in [7, 11) is 0. The molecule has 3 N–H and O–H groups in total. The van der Waals surface area contributed by atoms with Gasteiger partial charge in [-0.05, 0) is 24.1 Å². The molecule has 0 amide bonds. The number of carbonyl (C=O) groups is 1. The zero-order valence-electron chi connectivity index (χ0n) is 13.7. The van der Waals surface area contributed by atoms with E-state index in [1.807, 2.05) is 61.5 Å². The van der Waals surface area contributed by atoms with E-state index in [0.717, 1.165) is 28.6 Å². The molecule has 0 fully saturated rings. The number of aryl methyl sites for hydroxylation is 1. The maximum atomic E-state index is 11.8. The molecule has 25 heavy (non-hydrogen) atoms. The Morgan fingerprint density at radius 1 is 1.08 bits per heavy atom. The van der Waals surface area contributed by atoms with E-state index in [-0.39, 0.29) is 0 Å². The third-order valence-corrected chi connectivity index (χ3v) is 5.10. The van der Waals surface area contributed by atoms with Crippen LogP contribution in [0.5, 0.6) is 0 Å². The van der Waals surface area contributed by atoms with Gasteiger partial charge in [-0.15, -0.1) is 0 Å². The highest BCUT2D eigenvalue weighted by atomic mass is 32.2. The Labute approximate surface area is 150 Å². The highest BCUT2D eigenvalue weighted by Crippen LogP contribution is 2.39. The Morgan fingerprint density at radius 2 is 1.68 bits per heavy atom. The monoisotopic (exact) mass is 350 g/mol. The Bertz CT molecular complexity index is 883. The van der Waals surface area contributed by atoms with E-state index in [1.54, 1.807) is 12.1 Å². The molecule has 5 heteroatoms. The number of benzene rings is 2. The zero-order chi connectivity index (χ0) is 17.8. The number of aliphatic carboxylic acids is 1. The lowest BCUT2D eigenvalue weighted by Crippen LogP contribution is -2.09. The fourth-order valence-electron chi connectivity index (χ4n) is 2.50. The molecular weight excluding hydrogens is 332 g/mol. The summed E-state index contributed by atoms with van der Waals surface area (Å²) in [5.41, 5.74) is 10.1. The predicted molar refractivity (Wildman–Crippen MR) is 101 cm³/mol. The van der Waals surface area contributed by atoms with Crippen molar-refractivity contribution in [2.24, 2.45) is 0 Å². The van der Waals surface area contributed by atoms with Crippen LogP contribution < -0.4 is 5.73 Å². The molecule has 3 aromatic rings. The van der Waals surface area contributed by atoms with Gasteiger partial charge in [0.25, 0.3) is 0 Å². The molecule has 126 valence electrons. The molecular formula is C20H18N2O2S. The lowest BCUT2D eigenvalue weighted by atomic mass is 10.1. The van der Waals surface area contributed by atoms with E-state index in [4.69, 9.17) is 5.73 Å². The number of nitrogen functional groups attached to an aromatic ring is 1. The normalized spacial score (nSPS) is 11.9. The van der Waals surface area contributed by atoms with E-state index in [0.29, 0.717) is 16.3 Å². The van der Waals surface area contributed by atoms with Crippen LogP contribution in [0.25, 0.3) is 11.3 Å². The summed E-state index contributed by atoms with van der Waals surface area (Å²) < 4.78 is 0. The summed E-state index contributed by atoms with van der Waals surface area (Å²) in [5, 5.41) is 9.42. The molecule has 1 unspecified atom stereocenters. The van der Waals surface area contributed by atoms with Crippen LogP contribution in [0.1, 0.15) is 16.4 Å². The molecule has 1 heterocycles. The van der Waals surface area contributed by atoms with Crippen molar-refractivity contribution in [3.05, 3.63) is 77.9 Å². The fourth-order valence-corrected chi connectivity index (χ4v) is 3.56. The van der Waals surface area contributed by atoms with E-state index >= 15 is 0 Å². The number of hydrogen-bond acceptors (Lipinski definition) is 4. The largest absolute Gasteiger partial charge is 0.480 e. The molecule has 0 saturated heterocycles. The lowest BCUT2D eigenvalue weighted by molar-refractivity contribution is -0.136. The van der Waals surface area contributed by atoms with Gasteiger partial charge in [-0.1, -0.05) is 72.4 Å². The number of nitrogens with zero attached hydrogens (tertiary/aromatic N) is 1. The van der Waals surface area contributed by atoms with Crippen LogP contribution in [-0.2, 0) is 4.79 Å². The summed E-state index contributed by atoms with van der Waals surface area (Å²) >= 11 is 1.16. The molecule has 0 aliphatic heterocycles. The number of hydrogen-bond donors (Lipinski definition) is 2. The molecule has 3 rings (SSSR count). The first-order valence-corrected chi connectivity index (χ1v) is 8.71. The van der Waals surface area contributed by atoms with E-state index in [1.165, 1.54) is 0 Å². The van der Waals surface area contributed by atoms with Gasteiger partial charge in [-0.3, -0.25) is 4.79 Å². The minimum Gasteiger partial charge on any atom is -0.480 e. The van der Waals surface area contributed by atoms with Crippen molar-refractivity contribution in [3.63, 3.8) is 0 Å². The Morgan fingerprint density at radius 3 is 2.28 bits per heavy atom. The van der Waals surface area contributed by atoms with E-state index in [9.17, 15) is 9.90 Å². The molecule has 0 aliphatic rings. The number of nitrogens with two attached hydrogens (primary N) is 1. The molecule has 0 spiro atoms. The molecule has 1 aromatic heterocycles. The van der Waals surface area contributed by atoms with Crippen molar-refractivity contribution in [1.82, 2.24) is 4.98 Å². The van der Waals surface area contributed by atoms with Crippen LogP contribution in [-0.4, -0.2) is 16.1 Å². The van der Waals surface area contributed by atoms with Crippen LogP contribution in [0.15, 0.2) is 71.8 Å². The van der Waals surface area contributed by atoms with Crippen LogP contribution in [0.2, 0.25) is 0 Å². The van der Waals surface area contributed by atoms with Gasteiger partial charge in [0.1, 0.15) is 10.3 Å². The molecule has 4 nitrogen and oxygen atoms in total. The Hall–Kier alpha value is -2.79. The first kappa shape index (κ1) is 17.0. The van der Waals surface area contributed by atoms with Crippen molar-refractivity contribution in [2.75, 3.05) is 5.73 Å². The van der Waals surface area contributed by atoms with Gasteiger partial charge >= 0.3 is 5.97 Å². The summed E-state index contributed by atoms with van der Waals surface area (Å²) in [6, 6.07) is 20.8. The third kappa shape index (κ3) is 3.83. The number of carboxylic acids is 1. The number of carboxylic acid groups (broad SMARTS) is 1. The van der Waals surface area contributed by atoms with Gasteiger partial charge in [0, 0.05) is 5.56 Å². The summed E-state index contributed by atoms with van der Waals surface area (Å²) in [6.45, 7) is 1.91. The van der Waals surface area contributed by atoms with Crippen LogP contribution >= 0.6 is 11.8 Å². The predicted octanol–water partition coefficient (Wildman–Crippen LogP) is 4.56. The first-order chi connectivity index (χ1) is 12.1. The number of thioether (sulfide) groups is 1. The average Bonchev–Trinajstić information content (AvgIpc) is 2.64. The summed E-state index contributed by atoms with van der Waals surface area (Å²) in [4.78, 5) is 16.4. The van der Waals surface area contributed by atoms with Gasteiger partial charge < -0.3 is 10.8 Å². The zero-order valence-corrected chi connectivity index (χ0v) is 14.5. The molecule has 0 radical (unpaired) electrons. The first-order valence-electron chi connectivity index (χ1n) is 7.83. The Kier molecular flexibility index (Phi) is 5.05. The quantitative estimate of drug-likeness (QED) is 0.660. The Balaban J connectivity index is 2.01. The molecule has 1 atom stereocenters. The SMILES string of the molecule is Cc1cc(-c2ccccc2)nc(SC(C(=O)O)c2ccccc2)c1N. The van der Waals surface area contributed by atoms with Gasteiger partial charge in [0.2, 0.25) is 0 Å². The number of aromatic nitrogens is 1. The van der Waals surface area contributed by atoms with Gasteiger partial charge in [0.05, 0.1) is 11.4 Å². The number of anilines is 1. The molecule has 0 saturated carbocycles. The lowest BCUT2D eigenvalue weighted by Gasteiger charge is -2.15. The minimum atomic E-state index is -0.917. The maximum absolute atomic E-state index is 11.8. The fraction of sp³-hybridized carbons (Fsp3) is 0.100. The second-order valence-electron chi connectivity index (χ2n) is 5.66. The average molecular weight is 350 g/mol. The highest BCUT2D eigenvalue weighted by molar-refractivity contribution is 8.00. The second kappa shape index (κ2) is 7.40. The molecule has 0 bridgehead atoms. The van der Waals surface area contributed by atoms with E-state index < -0.39 is 11.2 Å². The van der Waals surface area contributed by atoms with E-state index in [2.05, 4.69) is 4.98 Å². The summed E-state index contributed by atoms with van der Waals surface area (Å²) in [5.74, 6) is -0.917. The topological polar surface area (TPSA) is 76.2 Å². The third-order valence-electron chi connectivity index (χ3n) is 3.86. The van der Waals surface area contributed by atoms with Gasteiger partial charge in [0.15, 0.2) is 0 Å². The highest BCUT2D eigenvalue weighted by Gasteiger charge is 2.23. The van der Waals surface area contributed by atoms with Gasteiger partial charge in [-0.2, -0.15) is 0 Å². The van der Waals surface area contributed by atoms with Crippen molar-refractivity contribution in [1.29, 1.82) is 0 Å². The van der Waals surface area contributed by atoms with Crippen LogP contribution in [0.3, 0.4) is 0 Å². The van der Waals surface area contributed by atoms with Crippen molar-refractivity contribution in [2.45, 2.75) is 17.2 Å². The van der Waals surface area contributed by atoms with Gasteiger partial charge in [-0.25, -0.2) is 4.98 Å². The van der Waals surface area contributed by atoms with Crippen LogP contribution in [0.4, 0.5) is 5.69 Å². The second-order valence-corrected chi connectivity index (χ2v) is 6.75. The van der Waals surface area contributed by atoms with Crippen molar-refractivity contribution in [3.8, 4) is 11.3 Å². The molecule has 2 aromatic carbocycles.